The lowest BCUT2D eigenvalue weighted by Gasteiger charge is -2.48. The first-order valence-corrected chi connectivity index (χ1v) is 7.63. The Hall–Kier alpha value is -1.58. The highest BCUT2D eigenvalue weighted by molar-refractivity contribution is 5.90. The third kappa shape index (κ3) is 2.41. The smallest absolute Gasteiger partial charge is 0.334 e. The minimum absolute atomic E-state index is 0.0145. The first kappa shape index (κ1) is 14.4. The maximum Gasteiger partial charge on any atom is 0.334 e. The van der Waals surface area contributed by atoms with Gasteiger partial charge in [-0.15, -0.1) is 0 Å². The van der Waals surface area contributed by atoms with Crippen molar-refractivity contribution in [2.45, 2.75) is 45.6 Å². The van der Waals surface area contributed by atoms with E-state index in [2.05, 4.69) is 19.6 Å². The Morgan fingerprint density at radius 1 is 1.57 bits per heavy atom. The van der Waals surface area contributed by atoms with Gasteiger partial charge in [-0.2, -0.15) is 0 Å². The molecule has 0 spiro atoms. The van der Waals surface area contributed by atoms with Crippen molar-refractivity contribution in [2.24, 2.45) is 17.3 Å². The van der Waals surface area contributed by atoms with Crippen LogP contribution in [0.5, 0.6) is 0 Å². The van der Waals surface area contributed by atoms with Crippen LogP contribution in [0.4, 0.5) is 0 Å². The minimum atomic E-state index is -0.249. The Morgan fingerprint density at radius 2 is 2.33 bits per heavy atom. The van der Waals surface area contributed by atoms with E-state index in [0.29, 0.717) is 18.1 Å². The second-order valence-electron chi connectivity index (χ2n) is 6.82. The number of carbonyl (C=O) groups excluding carboxylic acids is 2. The second-order valence-corrected chi connectivity index (χ2v) is 6.82. The van der Waals surface area contributed by atoms with Crippen LogP contribution in [-0.4, -0.2) is 24.6 Å². The molecular formula is C17H22O4. The fraction of sp³-hybridized carbons (Fsp3) is 0.647. The summed E-state index contributed by atoms with van der Waals surface area (Å²) in [4.78, 5) is 22.8. The molecule has 1 saturated carbocycles. The molecule has 0 unspecified atom stereocenters. The highest BCUT2D eigenvalue weighted by atomic mass is 16.6. The molecule has 4 heteroatoms. The normalized spacial score (nSPS) is 38.2. The molecule has 2 aliphatic carbocycles. The molecule has 1 aliphatic heterocycles. The van der Waals surface area contributed by atoms with E-state index < -0.39 is 0 Å². The zero-order valence-corrected chi connectivity index (χ0v) is 12.7. The van der Waals surface area contributed by atoms with Gasteiger partial charge in [-0.1, -0.05) is 19.6 Å². The molecular weight excluding hydrogens is 268 g/mol. The molecule has 0 radical (unpaired) electrons. The van der Waals surface area contributed by atoms with Gasteiger partial charge in [0.2, 0.25) is 0 Å². The molecule has 114 valence electrons. The third-order valence-electron chi connectivity index (χ3n) is 5.43. The van der Waals surface area contributed by atoms with E-state index in [1.807, 2.05) is 0 Å². The van der Waals surface area contributed by atoms with Crippen molar-refractivity contribution in [3.63, 3.8) is 0 Å². The van der Waals surface area contributed by atoms with E-state index in [-0.39, 0.29) is 29.4 Å². The highest BCUT2D eigenvalue weighted by Crippen LogP contribution is 2.55. The molecule has 21 heavy (non-hydrogen) atoms. The summed E-state index contributed by atoms with van der Waals surface area (Å²) < 4.78 is 10.7. The number of rotatable bonds is 2. The number of hydrogen-bond donors (Lipinski definition) is 0. The molecule has 0 amide bonds. The summed E-state index contributed by atoms with van der Waals surface area (Å²) in [6, 6.07) is 0. The van der Waals surface area contributed by atoms with Gasteiger partial charge >= 0.3 is 11.9 Å². The Balaban J connectivity index is 1.82. The van der Waals surface area contributed by atoms with Crippen LogP contribution in [0.2, 0.25) is 0 Å². The number of esters is 2. The fourth-order valence-electron chi connectivity index (χ4n) is 4.24. The van der Waals surface area contributed by atoms with E-state index in [9.17, 15) is 9.59 Å². The second kappa shape index (κ2) is 5.00. The van der Waals surface area contributed by atoms with Gasteiger partial charge in [0.05, 0.1) is 0 Å². The van der Waals surface area contributed by atoms with Gasteiger partial charge < -0.3 is 9.47 Å². The summed E-state index contributed by atoms with van der Waals surface area (Å²) in [5.74, 6) is -0.0223. The van der Waals surface area contributed by atoms with Gasteiger partial charge in [-0.25, -0.2) is 4.79 Å². The van der Waals surface area contributed by atoms with Crippen molar-refractivity contribution in [1.29, 1.82) is 0 Å². The first-order chi connectivity index (χ1) is 9.90. The molecule has 1 saturated heterocycles. The van der Waals surface area contributed by atoms with E-state index >= 15 is 0 Å². The topological polar surface area (TPSA) is 52.6 Å². The number of hydrogen-bond acceptors (Lipinski definition) is 4. The molecule has 2 fully saturated rings. The first-order valence-electron chi connectivity index (χ1n) is 7.63. The highest BCUT2D eigenvalue weighted by Gasteiger charge is 2.52. The molecule has 3 aliphatic rings. The van der Waals surface area contributed by atoms with Gasteiger partial charge in [0, 0.05) is 18.4 Å². The van der Waals surface area contributed by atoms with Gasteiger partial charge in [0.1, 0.15) is 12.7 Å². The summed E-state index contributed by atoms with van der Waals surface area (Å²) >= 11 is 0. The van der Waals surface area contributed by atoms with Crippen LogP contribution in [0.1, 0.15) is 39.5 Å². The van der Waals surface area contributed by atoms with E-state index in [4.69, 9.17) is 9.47 Å². The molecule has 0 aromatic heterocycles. The summed E-state index contributed by atoms with van der Waals surface area (Å²) in [7, 11) is 0. The van der Waals surface area contributed by atoms with Crippen LogP contribution in [0.3, 0.4) is 0 Å². The monoisotopic (exact) mass is 290 g/mol. The van der Waals surface area contributed by atoms with Gasteiger partial charge in [-0.05, 0) is 42.6 Å². The van der Waals surface area contributed by atoms with Crippen LogP contribution in [0, 0.1) is 17.3 Å². The zero-order valence-electron chi connectivity index (χ0n) is 12.7. The van der Waals surface area contributed by atoms with Gasteiger partial charge in [0.15, 0.2) is 0 Å². The lowest BCUT2D eigenvalue weighted by atomic mass is 9.57. The minimum Gasteiger partial charge on any atom is -0.461 e. The van der Waals surface area contributed by atoms with E-state index in [0.717, 1.165) is 25.7 Å². The number of fused-ring (bicyclic) bond motifs is 2. The Kier molecular flexibility index (Phi) is 3.42. The van der Waals surface area contributed by atoms with Gasteiger partial charge in [0.25, 0.3) is 0 Å². The molecule has 1 heterocycles. The molecule has 0 aromatic rings. The van der Waals surface area contributed by atoms with E-state index in [1.165, 1.54) is 12.5 Å². The Labute approximate surface area is 125 Å². The Morgan fingerprint density at radius 3 is 3.05 bits per heavy atom. The van der Waals surface area contributed by atoms with Crippen LogP contribution >= 0.6 is 0 Å². The maximum atomic E-state index is 11.7. The summed E-state index contributed by atoms with van der Waals surface area (Å²) in [5.41, 5.74) is 1.93. The van der Waals surface area contributed by atoms with Crippen molar-refractivity contribution in [3.05, 3.63) is 23.8 Å². The van der Waals surface area contributed by atoms with Crippen LogP contribution < -0.4 is 0 Å². The predicted octanol–water partition coefficient (Wildman–Crippen LogP) is 2.78. The lowest BCUT2D eigenvalue weighted by Crippen LogP contribution is -2.43. The van der Waals surface area contributed by atoms with Crippen LogP contribution in [0.25, 0.3) is 0 Å². The maximum absolute atomic E-state index is 11.7. The third-order valence-corrected chi connectivity index (χ3v) is 5.43. The number of ether oxygens (including phenoxy) is 2. The quantitative estimate of drug-likeness (QED) is 0.446. The fourth-order valence-corrected chi connectivity index (χ4v) is 4.24. The largest absolute Gasteiger partial charge is 0.461 e. The molecule has 4 nitrogen and oxygen atoms in total. The summed E-state index contributed by atoms with van der Waals surface area (Å²) in [5, 5.41) is 0. The molecule has 0 aromatic carbocycles. The number of carbonyl (C=O) groups is 2. The van der Waals surface area contributed by atoms with Crippen molar-refractivity contribution < 1.29 is 19.1 Å². The van der Waals surface area contributed by atoms with E-state index in [1.54, 1.807) is 0 Å². The summed E-state index contributed by atoms with van der Waals surface area (Å²) in [6.45, 7) is 7.97. The SMILES string of the molecule is C=C1C(=O)O[C@@H]2C[C@@]3(C)CCC=C(COC(C)=O)[C@@H]3C[C@H]12. The van der Waals surface area contributed by atoms with Crippen LogP contribution in [-0.2, 0) is 19.1 Å². The van der Waals surface area contributed by atoms with Crippen molar-refractivity contribution >= 4 is 11.9 Å². The van der Waals surface area contributed by atoms with Crippen LogP contribution in [0.15, 0.2) is 23.8 Å². The average Bonchev–Trinajstić information content (AvgIpc) is 2.68. The predicted molar refractivity (Wildman–Crippen MR) is 77.3 cm³/mol. The lowest BCUT2D eigenvalue weighted by molar-refractivity contribution is -0.143. The van der Waals surface area contributed by atoms with Crippen molar-refractivity contribution in [3.8, 4) is 0 Å². The number of allylic oxidation sites excluding steroid dienone is 1. The average molecular weight is 290 g/mol. The zero-order chi connectivity index (χ0) is 15.2. The van der Waals surface area contributed by atoms with Crippen molar-refractivity contribution in [1.82, 2.24) is 0 Å². The molecule has 0 bridgehead atoms. The standard InChI is InChI=1S/C17H22O4/c1-10-13-7-14-12(9-20-11(2)18)5-4-6-17(14,3)8-15(13)21-16(10)19/h5,13-15H,1,4,6-9H2,2-3H3/t13-,14+,15-,17-/m1/s1. The molecule has 3 rings (SSSR count). The Bertz CT molecular complexity index is 533. The van der Waals surface area contributed by atoms with Gasteiger partial charge in [-0.3, -0.25) is 4.79 Å². The molecule has 0 N–H and O–H groups in total. The van der Waals surface area contributed by atoms with Crippen molar-refractivity contribution in [2.75, 3.05) is 6.61 Å². The molecule has 4 atom stereocenters. The summed E-state index contributed by atoms with van der Waals surface area (Å²) in [6.07, 6.45) is 6.03.